The number of anilines is 1. The molecule has 2 heterocycles. The van der Waals surface area contributed by atoms with E-state index < -0.39 is 0 Å². The second-order valence-electron chi connectivity index (χ2n) is 6.30. The van der Waals surface area contributed by atoms with E-state index in [1.165, 1.54) is 0 Å². The Labute approximate surface area is 151 Å². The number of nitrogens with zero attached hydrogens (tertiary/aromatic N) is 4. The molecule has 7 nitrogen and oxygen atoms in total. The second kappa shape index (κ2) is 7.63. The van der Waals surface area contributed by atoms with Crippen molar-refractivity contribution in [1.29, 1.82) is 0 Å². The standard InChI is InChI=1S/C19H21N5O2/c25-19(20-17-7-3-5-15-4-1-2-6-16(15)17)18-14-24(22-21-18)9-8-23-10-12-26-13-11-23/h1-7,14H,8-13H2,(H,20,25). The van der Waals surface area contributed by atoms with E-state index >= 15 is 0 Å². The highest BCUT2D eigenvalue weighted by Crippen LogP contribution is 2.23. The van der Waals surface area contributed by atoms with Gasteiger partial charge >= 0.3 is 0 Å². The summed E-state index contributed by atoms with van der Waals surface area (Å²) < 4.78 is 7.06. The molecule has 0 spiro atoms. The monoisotopic (exact) mass is 351 g/mol. The first-order valence-corrected chi connectivity index (χ1v) is 8.79. The van der Waals surface area contributed by atoms with Gasteiger partial charge in [-0.3, -0.25) is 14.4 Å². The van der Waals surface area contributed by atoms with Gasteiger partial charge in [-0.25, -0.2) is 0 Å². The number of fused-ring (bicyclic) bond motifs is 1. The van der Waals surface area contributed by atoms with E-state index in [1.54, 1.807) is 10.9 Å². The van der Waals surface area contributed by atoms with Crippen LogP contribution in [0.15, 0.2) is 48.7 Å². The van der Waals surface area contributed by atoms with Crippen molar-refractivity contribution in [2.75, 3.05) is 38.2 Å². The lowest BCUT2D eigenvalue weighted by Crippen LogP contribution is -2.38. The Kier molecular flexibility index (Phi) is 4.90. The predicted molar refractivity (Wildman–Crippen MR) is 99.2 cm³/mol. The largest absolute Gasteiger partial charge is 0.379 e. The molecule has 1 saturated heterocycles. The van der Waals surface area contributed by atoms with Crippen molar-refractivity contribution >= 4 is 22.4 Å². The third-order valence-electron chi connectivity index (χ3n) is 4.56. The molecule has 0 radical (unpaired) electrons. The molecular formula is C19H21N5O2. The lowest BCUT2D eigenvalue weighted by atomic mass is 10.1. The fourth-order valence-electron chi connectivity index (χ4n) is 3.10. The van der Waals surface area contributed by atoms with Crippen LogP contribution in [0.3, 0.4) is 0 Å². The van der Waals surface area contributed by atoms with E-state index in [9.17, 15) is 4.79 Å². The topological polar surface area (TPSA) is 72.3 Å². The number of amides is 1. The first-order chi connectivity index (χ1) is 12.8. The Bertz CT molecular complexity index is 896. The van der Waals surface area contributed by atoms with Crippen molar-refractivity contribution in [2.45, 2.75) is 6.54 Å². The molecule has 134 valence electrons. The minimum absolute atomic E-state index is 0.251. The summed E-state index contributed by atoms with van der Waals surface area (Å²) in [5.74, 6) is -0.251. The average Bonchev–Trinajstić information content (AvgIpc) is 3.17. The Morgan fingerprint density at radius 3 is 2.77 bits per heavy atom. The number of carbonyl (C=O) groups excluding carboxylic acids is 1. The van der Waals surface area contributed by atoms with Gasteiger partial charge in [0.2, 0.25) is 0 Å². The van der Waals surface area contributed by atoms with Crippen molar-refractivity contribution in [1.82, 2.24) is 19.9 Å². The van der Waals surface area contributed by atoms with E-state index in [0.717, 1.165) is 49.3 Å². The lowest BCUT2D eigenvalue weighted by Gasteiger charge is -2.26. The smallest absolute Gasteiger partial charge is 0.277 e. The molecule has 0 bridgehead atoms. The van der Waals surface area contributed by atoms with Crippen LogP contribution in [0.5, 0.6) is 0 Å². The van der Waals surface area contributed by atoms with Gasteiger partial charge < -0.3 is 10.1 Å². The van der Waals surface area contributed by atoms with E-state index in [1.807, 2.05) is 42.5 Å². The molecule has 26 heavy (non-hydrogen) atoms. The third-order valence-corrected chi connectivity index (χ3v) is 4.56. The van der Waals surface area contributed by atoms with Crippen LogP contribution in [0, 0.1) is 0 Å². The number of aromatic nitrogens is 3. The molecule has 4 rings (SSSR count). The number of nitrogens with one attached hydrogen (secondary N) is 1. The number of hydrogen-bond donors (Lipinski definition) is 1. The highest BCUT2D eigenvalue weighted by atomic mass is 16.5. The predicted octanol–water partition coefficient (Wildman–Crippen LogP) is 2.02. The maximum Gasteiger partial charge on any atom is 0.277 e. The molecule has 1 amide bonds. The van der Waals surface area contributed by atoms with Crippen molar-refractivity contribution in [3.63, 3.8) is 0 Å². The van der Waals surface area contributed by atoms with Crippen LogP contribution >= 0.6 is 0 Å². The van der Waals surface area contributed by atoms with Gasteiger partial charge in [0.1, 0.15) is 0 Å². The highest BCUT2D eigenvalue weighted by molar-refractivity contribution is 6.08. The van der Waals surface area contributed by atoms with Crippen LogP contribution in [0.1, 0.15) is 10.5 Å². The van der Waals surface area contributed by atoms with Gasteiger partial charge in [0.25, 0.3) is 5.91 Å². The first kappa shape index (κ1) is 16.7. The van der Waals surface area contributed by atoms with Gasteiger partial charge in [-0.2, -0.15) is 0 Å². The van der Waals surface area contributed by atoms with Crippen molar-refractivity contribution in [3.05, 3.63) is 54.4 Å². The zero-order chi connectivity index (χ0) is 17.8. The zero-order valence-corrected chi connectivity index (χ0v) is 14.5. The molecule has 1 N–H and O–H groups in total. The highest BCUT2D eigenvalue weighted by Gasteiger charge is 2.14. The normalized spacial score (nSPS) is 15.2. The summed E-state index contributed by atoms with van der Waals surface area (Å²) in [6, 6.07) is 13.8. The Balaban J connectivity index is 1.41. The van der Waals surface area contributed by atoms with Crippen LogP contribution in [-0.2, 0) is 11.3 Å². The molecule has 3 aromatic rings. The SMILES string of the molecule is O=C(Nc1cccc2ccccc12)c1cn(CCN2CCOCC2)nn1. The van der Waals surface area contributed by atoms with Gasteiger partial charge in [0, 0.05) is 30.7 Å². The average molecular weight is 351 g/mol. The van der Waals surface area contributed by atoms with Gasteiger partial charge in [-0.05, 0) is 11.5 Å². The first-order valence-electron chi connectivity index (χ1n) is 8.79. The van der Waals surface area contributed by atoms with Crippen LogP contribution in [0.4, 0.5) is 5.69 Å². The molecular weight excluding hydrogens is 330 g/mol. The molecule has 0 atom stereocenters. The van der Waals surface area contributed by atoms with Gasteiger partial charge in [-0.15, -0.1) is 5.10 Å². The minimum atomic E-state index is -0.251. The molecule has 2 aromatic carbocycles. The number of hydrogen-bond acceptors (Lipinski definition) is 5. The van der Waals surface area contributed by atoms with E-state index in [2.05, 4.69) is 20.5 Å². The molecule has 7 heteroatoms. The van der Waals surface area contributed by atoms with Crippen LogP contribution in [0.25, 0.3) is 10.8 Å². The number of benzene rings is 2. The third kappa shape index (κ3) is 3.74. The summed E-state index contributed by atoms with van der Waals surface area (Å²) >= 11 is 0. The second-order valence-corrected chi connectivity index (χ2v) is 6.30. The summed E-state index contributed by atoms with van der Waals surface area (Å²) in [5, 5.41) is 13.1. The summed E-state index contributed by atoms with van der Waals surface area (Å²) in [7, 11) is 0. The summed E-state index contributed by atoms with van der Waals surface area (Å²) in [6.07, 6.45) is 1.70. The molecule has 0 saturated carbocycles. The minimum Gasteiger partial charge on any atom is -0.379 e. The van der Waals surface area contributed by atoms with Gasteiger partial charge in [-0.1, -0.05) is 41.6 Å². The van der Waals surface area contributed by atoms with Crippen molar-refractivity contribution < 1.29 is 9.53 Å². The van der Waals surface area contributed by atoms with E-state index in [0.29, 0.717) is 12.2 Å². The van der Waals surface area contributed by atoms with Crippen LogP contribution < -0.4 is 5.32 Å². The summed E-state index contributed by atoms with van der Waals surface area (Å²) in [5.41, 5.74) is 1.09. The quantitative estimate of drug-likeness (QED) is 0.761. The van der Waals surface area contributed by atoms with Crippen LogP contribution in [0.2, 0.25) is 0 Å². The Morgan fingerprint density at radius 2 is 1.88 bits per heavy atom. The van der Waals surface area contributed by atoms with E-state index in [-0.39, 0.29) is 5.91 Å². The van der Waals surface area contributed by atoms with Crippen LogP contribution in [-0.4, -0.2) is 58.6 Å². The molecule has 0 aliphatic carbocycles. The maximum absolute atomic E-state index is 12.5. The fourth-order valence-corrected chi connectivity index (χ4v) is 3.10. The molecule has 1 fully saturated rings. The number of ether oxygens (including phenoxy) is 1. The Morgan fingerprint density at radius 1 is 1.08 bits per heavy atom. The van der Waals surface area contributed by atoms with E-state index in [4.69, 9.17) is 4.74 Å². The van der Waals surface area contributed by atoms with Gasteiger partial charge in [0.05, 0.1) is 26.0 Å². The summed E-state index contributed by atoms with van der Waals surface area (Å²) in [6.45, 7) is 4.99. The zero-order valence-electron chi connectivity index (χ0n) is 14.5. The molecule has 1 aliphatic heterocycles. The summed E-state index contributed by atoms with van der Waals surface area (Å²) in [4.78, 5) is 14.8. The van der Waals surface area contributed by atoms with Crippen molar-refractivity contribution in [3.8, 4) is 0 Å². The van der Waals surface area contributed by atoms with Crippen molar-refractivity contribution in [2.24, 2.45) is 0 Å². The number of morpholine rings is 1. The number of rotatable bonds is 5. The maximum atomic E-state index is 12.5. The Hall–Kier alpha value is -2.77. The molecule has 1 aliphatic rings. The van der Waals surface area contributed by atoms with Gasteiger partial charge in [0.15, 0.2) is 5.69 Å². The molecule has 1 aromatic heterocycles. The lowest BCUT2D eigenvalue weighted by molar-refractivity contribution is 0.0359. The number of carbonyl (C=O) groups is 1. The molecule has 0 unspecified atom stereocenters. The fraction of sp³-hybridized carbons (Fsp3) is 0.316.